The number of carboxylic acids is 1. The predicted octanol–water partition coefficient (Wildman–Crippen LogP) is 3.33. The van der Waals surface area contributed by atoms with Crippen LogP contribution in [0.3, 0.4) is 0 Å². The van der Waals surface area contributed by atoms with Gasteiger partial charge in [-0.25, -0.2) is 4.68 Å². The summed E-state index contributed by atoms with van der Waals surface area (Å²) in [4.78, 5) is 24.2. The van der Waals surface area contributed by atoms with Crippen molar-refractivity contribution in [1.82, 2.24) is 15.1 Å². The molecule has 1 aromatic carbocycles. The highest BCUT2D eigenvalue weighted by atomic mass is 16.4. The van der Waals surface area contributed by atoms with E-state index in [9.17, 15) is 14.7 Å². The minimum absolute atomic E-state index is 0.218. The molecule has 1 aromatic heterocycles. The summed E-state index contributed by atoms with van der Waals surface area (Å²) in [6.07, 6.45) is 7.23. The van der Waals surface area contributed by atoms with E-state index in [2.05, 4.69) is 10.4 Å². The van der Waals surface area contributed by atoms with Crippen LogP contribution in [-0.2, 0) is 4.79 Å². The molecule has 0 radical (unpaired) electrons. The zero-order chi connectivity index (χ0) is 18.5. The normalized spacial score (nSPS) is 20.8. The van der Waals surface area contributed by atoms with E-state index in [-0.39, 0.29) is 11.9 Å². The summed E-state index contributed by atoms with van der Waals surface area (Å²) < 4.78 is 1.76. The number of aromatic nitrogens is 2. The Kier molecular flexibility index (Phi) is 5.71. The summed E-state index contributed by atoms with van der Waals surface area (Å²) in [6, 6.07) is 8.79. The van der Waals surface area contributed by atoms with Gasteiger partial charge in [-0.3, -0.25) is 9.59 Å². The van der Waals surface area contributed by atoms with Crippen molar-refractivity contribution in [1.29, 1.82) is 0 Å². The van der Waals surface area contributed by atoms with Crippen molar-refractivity contribution >= 4 is 11.9 Å². The Bertz CT molecular complexity index is 767. The third-order valence-corrected chi connectivity index (χ3v) is 5.02. The molecule has 6 heteroatoms. The molecule has 1 aliphatic rings. The number of aliphatic carboxylic acids is 1. The summed E-state index contributed by atoms with van der Waals surface area (Å²) in [5, 5.41) is 16.8. The Morgan fingerprint density at radius 3 is 2.38 bits per heavy atom. The van der Waals surface area contributed by atoms with Gasteiger partial charge in [0.15, 0.2) is 0 Å². The van der Waals surface area contributed by atoms with Crippen LogP contribution in [0.5, 0.6) is 0 Å². The van der Waals surface area contributed by atoms with Gasteiger partial charge in [0.05, 0.1) is 17.3 Å². The molecule has 1 saturated carbocycles. The standard InChI is InChI=1S/C20H25N3O3/c1-14-12-13-23(22-14)16-10-8-15(9-11-16)19(24)21-18-7-5-3-2-4-6-17(18)20(25)26/h8-13,17-18H,2-7H2,1H3,(H,21,24)(H,25,26). The summed E-state index contributed by atoms with van der Waals surface area (Å²) in [6.45, 7) is 1.92. The van der Waals surface area contributed by atoms with Crippen molar-refractivity contribution in [2.45, 2.75) is 51.5 Å². The summed E-state index contributed by atoms with van der Waals surface area (Å²) >= 11 is 0. The lowest BCUT2D eigenvalue weighted by molar-refractivity contribution is -0.143. The molecule has 2 aromatic rings. The second-order valence-corrected chi connectivity index (χ2v) is 6.96. The lowest BCUT2D eigenvalue weighted by atomic mass is 9.86. The number of carbonyl (C=O) groups excluding carboxylic acids is 1. The number of hydrogen-bond donors (Lipinski definition) is 2. The predicted molar refractivity (Wildman–Crippen MR) is 98.4 cm³/mol. The molecule has 138 valence electrons. The topological polar surface area (TPSA) is 84.2 Å². The fourth-order valence-electron chi connectivity index (χ4n) is 3.53. The lowest BCUT2D eigenvalue weighted by Crippen LogP contribution is -2.43. The third kappa shape index (κ3) is 4.31. The minimum atomic E-state index is -0.818. The zero-order valence-corrected chi connectivity index (χ0v) is 15.0. The Hall–Kier alpha value is -2.63. The largest absolute Gasteiger partial charge is 0.481 e. The number of aryl methyl sites for hydroxylation is 1. The second kappa shape index (κ2) is 8.17. The van der Waals surface area contributed by atoms with Crippen molar-refractivity contribution in [3.63, 3.8) is 0 Å². The zero-order valence-electron chi connectivity index (χ0n) is 15.0. The summed E-state index contributed by atoms with van der Waals surface area (Å²) in [7, 11) is 0. The van der Waals surface area contributed by atoms with Crippen LogP contribution in [0, 0.1) is 12.8 Å². The number of rotatable bonds is 4. The van der Waals surface area contributed by atoms with Crippen molar-refractivity contribution in [3.8, 4) is 5.69 Å². The first kappa shape index (κ1) is 18.2. The molecule has 1 amide bonds. The third-order valence-electron chi connectivity index (χ3n) is 5.02. The molecule has 26 heavy (non-hydrogen) atoms. The highest BCUT2D eigenvalue weighted by Crippen LogP contribution is 2.23. The first-order chi connectivity index (χ1) is 12.5. The van der Waals surface area contributed by atoms with E-state index in [1.807, 2.05) is 31.3 Å². The molecule has 0 saturated heterocycles. The van der Waals surface area contributed by atoms with Crippen molar-refractivity contribution in [3.05, 3.63) is 47.8 Å². The van der Waals surface area contributed by atoms with Gasteiger partial charge in [0.2, 0.25) is 0 Å². The monoisotopic (exact) mass is 355 g/mol. The molecular weight excluding hydrogens is 330 g/mol. The summed E-state index contributed by atoms with van der Waals surface area (Å²) in [5.74, 6) is -1.54. The van der Waals surface area contributed by atoms with Gasteiger partial charge in [-0.2, -0.15) is 5.10 Å². The van der Waals surface area contributed by atoms with Gasteiger partial charge in [-0.1, -0.05) is 25.7 Å². The maximum Gasteiger partial charge on any atom is 0.308 e. The van der Waals surface area contributed by atoms with E-state index in [4.69, 9.17) is 0 Å². The number of nitrogens with one attached hydrogen (secondary N) is 1. The first-order valence-electron chi connectivity index (χ1n) is 9.21. The SMILES string of the molecule is Cc1ccn(-c2ccc(C(=O)NC3CCCCCCC3C(=O)O)cc2)n1. The van der Waals surface area contributed by atoms with Gasteiger partial charge >= 0.3 is 5.97 Å². The average molecular weight is 355 g/mol. The number of hydrogen-bond acceptors (Lipinski definition) is 3. The van der Waals surface area contributed by atoms with E-state index in [1.165, 1.54) is 0 Å². The van der Waals surface area contributed by atoms with Gasteiger partial charge in [0, 0.05) is 17.8 Å². The maximum atomic E-state index is 12.6. The van der Waals surface area contributed by atoms with E-state index in [0.717, 1.165) is 37.1 Å². The van der Waals surface area contributed by atoms with Crippen LogP contribution < -0.4 is 5.32 Å². The van der Waals surface area contributed by atoms with Crippen molar-refractivity contribution < 1.29 is 14.7 Å². The highest BCUT2D eigenvalue weighted by Gasteiger charge is 2.30. The molecule has 1 heterocycles. The molecule has 0 bridgehead atoms. The van der Waals surface area contributed by atoms with Crippen LogP contribution in [0.2, 0.25) is 0 Å². The molecule has 1 aliphatic carbocycles. The van der Waals surface area contributed by atoms with Crippen LogP contribution in [0.25, 0.3) is 5.69 Å². The highest BCUT2D eigenvalue weighted by molar-refractivity contribution is 5.94. The van der Waals surface area contributed by atoms with E-state index in [0.29, 0.717) is 18.4 Å². The van der Waals surface area contributed by atoms with Crippen molar-refractivity contribution in [2.75, 3.05) is 0 Å². The maximum absolute atomic E-state index is 12.6. The van der Waals surface area contributed by atoms with Gasteiger partial charge in [-0.15, -0.1) is 0 Å². The van der Waals surface area contributed by atoms with E-state index in [1.54, 1.807) is 16.8 Å². The quantitative estimate of drug-likeness (QED) is 0.881. The van der Waals surface area contributed by atoms with E-state index < -0.39 is 11.9 Å². The number of nitrogens with zero attached hydrogens (tertiary/aromatic N) is 2. The van der Waals surface area contributed by atoms with Crippen molar-refractivity contribution in [2.24, 2.45) is 5.92 Å². The number of carbonyl (C=O) groups is 2. The molecule has 3 rings (SSSR count). The van der Waals surface area contributed by atoms with Crippen LogP contribution in [-0.4, -0.2) is 32.8 Å². The minimum Gasteiger partial charge on any atom is -0.481 e. The summed E-state index contributed by atoms with van der Waals surface area (Å²) in [5.41, 5.74) is 2.34. The molecule has 2 atom stereocenters. The second-order valence-electron chi connectivity index (χ2n) is 6.96. The fourth-order valence-corrected chi connectivity index (χ4v) is 3.53. The molecular formula is C20H25N3O3. The lowest BCUT2D eigenvalue weighted by Gasteiger charge is -2.27. The fraction of sp³-hybridized carbons (Fsp3) is 0.450. The molecule has 0 aliphatic heterocycles. The molecule has 2 N–H and O–H groups in total. The van der Waals surface area contributed by atoms with Crippen LogP contribution in [0.1, 0.15) is 54.6 Å². The number of benzene rings is 1. The molecule has 6 nitrogen and oxygen atoms in total. The molecule has 0 spiro atoms. The van der Waals surface area contributed by atoms with Gasteiger partial charge in [-0.05, 0) is 50.1 Å². The Labute approximate surface area is 153 Å². The smallest absolute Gasteiger partial charge is 0.308 e. The Balaban J connectivity index is 1.70. The van der Waals surface area contributed by atoms with Gasteiger partial charge in [0.1, 0.15) is 0 Å². The Morgan fingerprint density at radius 1 is 1.08 bits per heavy atom. The first-order valence-corrected chi connectivity index (χ1v) is 9.21. The van der Waals surface area contributed by atoms with Crippen LogP contribution in [0.15, 0.2) is 36.5 Å². The van der Waals surface area contributed by atoms with Gasteiger partial charge in [0.25, 0.3) is 5.91 Å². The van der Waals surface area contributed by atoms with E-state index >= 15 is 0 Å². The Morgan fingerprint density at radius 2 is 1.77 bits per heavy atom. The van der Waals surface area contributed by atoms with Crippen LogP contribution in [0.4, 0.5) is 0 Å². The number of amides is 1. The molecule has 1 fully saturated rings. The molecule has 2 unspecified atom stereocenters. The number of carboxylic acid groups (broad SMARTS) is 1. The van der Waals surface area contributed by atoms with Crippen LogP contribution >= 0.6 is 0 Å². The van der Waals surface area contributed by atoms with Gasteiger partial charge < -0.3 is 10.4 Å². The average Bonchev–Trinajstić information content (AvgIpc) is 3.03.